The molecule has 0 radical (unpaired) electrons. The lowest BCUT2D eigenvalue weighted by Crippen LogP contribution is -2.32. The van der Waals surface area contributed by atoms with Crippen molar-refractivity contribution in [1.29, 1.82) is 0 Å². The van der Waals surface area contributed by atoms with Gasteiger partial charge in [-0.1, -0.05) is 37.3 Å². The van der Waals surface area contributed by atoms with Gasteiger partial charge >= 0.3 is 0 Å². The molecule has 0 unspecified atom stereocenters. The van der Waals surface area contributed by atoms with Gasteiger partial charge in [-0.15, -0.1) is 11.3 Å². The Morgan fingerprint density at radius 3 is 2.62 bits per heavy atom. The Hall–Kier alpha value is -3.52. The third-order valence-electron chi connectivity index (χ3n) is 5.16. The van der Waals surface area contributed by atoms with Crippen molar-refractivity contribution < 1.29 is 14.0 Å². The molecular formula is C24H23FN4O2S. The van der Waals surface area contributed by atoms with E-state index in [1.807, 2.05) is 42.8 Å². The van der Waals surface area contributed by atoms with E-state index in [4.69, 9.17) is 0 Å². The van der Waals surface area contributed by atoms with E-state index in [9.17, 15) is 14.0 Å². The van der Waals surface area contributed by atoms with E-state index >= 15 is 0 Å². The standard InChI is InChI=1S/C24H23FN4O2S/c1-3-17-6-4-5-7-20(17)27-22(30)13-26-23(31)21-12-19-15(2)28-29(24(19)32-21)14-16-8-10-18(25)11-9-16/h4-12H,3,13-14H2,1-2H3,(H,26,31)(H,27,30). The van der Waals surface area contributed by atoms with Crippen molar-refractivity contribution >= 4 is 39.1 Å². The number of aryl methyl sites for hydroxylation is 2. The highest BCUT2D eigenvalue weighted by atomic mass is 32.1. The number of hydrogen-bond donors (Lipinski definition) is 2. The first-order valence-electron chi connectivity index (χ1n) is 10.3. The second kappa shape index (κ2) is 9.32. The van der Waals surface area contributed by atoms with Crippen molar-refractivity contribution in [2.24, 2.45) is 0 Å². The lowest BCUT2D eigenvalue weighted by atomic mass is 10.1. The molecule has 6 nitrogen and oxygen atoms in total. The van der Waals surface area contributed by atoms with E-state index in [1.54, 1.807) is 18.2 Å². The van der Waals surface area contributed by atoms with E-state index in [1.165, 1.54) is 23.5 Å². The van der Waals surface area contributed by atoms with Gasteiger partial charge in [0.25, 0.3) is 5.91 Å². The average Bonchev–Trinajstić information content (AvgIpc) is 3.35. The molecule has 8 heteroatoms. The van der Waals surface area contributed by atoms with E-state index in [2.05, 4.69) is 15.7 Å². The molecule has 0 spiro atoms. The molecule has 32 heavy (non-hydrogen) atoms. The number of thiophene rings is 1. The second-order valence-electron chi connectivity index (χ2n) is 7.44. The summed E-state index contributed by atoms with van der Waals surface area (Å²) in [7, 11) is 0. The Bertz CT molecular complexity index is 1280. The van der Waals surface area contributed by atoms with Crippen LogP contribution in [0.5, 0.6) is 0 Å². The fraction of sp³-hybridized carbons (Fsp3) is 0.208. The van der Waals surface area contributed by atoms with Gasteiger partial charge in [-0.3, -0.25) is 14.3 Å². The molecule has 2 amide bonds. The van der Waals surface area contributed by atoms with Crippen LogP contribution in [-0.4, -0.2) is 28.1 Å². The summed E-state index contributed by atoms with van der Waals surface area (Å²) in [6, 6.07) is 15.7. The molecule has 164 valence electrons. The summed E-state index contributed by atoms with van der Waals surface area (Å²) in [6.45, 7) is 4.27. The topological polar surface area (TPSA) is 76.0 Å². The summed E-state index contributed by atoms with van der Waals surface area (Å²) in [5.41, 5.74) is 3.52. The molecule has 0 aliphatic heterocycles. The smallest absolute Gasteiger partial charge is 0.261 e. The number of anilines is 1. The number of nitrogens with zero attached hydrogens (tertiary/aromatic N) is 2. The Balaban J connectivity index is 1.43. The van der Waals surface area contributed by atoms with Gasteiger partial charge < -0.3 is 10.6 Å². The van der Waals surface area contributed by atoms with Crippen molar-refractivity contribution in [2.45, 2.75) is 26.8 Å². The van der Waals surface area contributed by atoms with Crippen molar-refractivity contribution in [2.75, 3.05) is 11.9 Å². The van der Waals surface area contributed by atoms with Crippen LogP contribution in [0.25, 0.3) is 10.2 Å². The highest BCUT2D eigenvalue weighted by Gasteiger charge is 2.17. The molecule has 2 heterocycles. The lowest BCUT2D eigenvalue weighted by molar-refractivity contribution is -0.115. The largest absolute Gasteiger partial charge is 0.342 e. The van der Waals surface area contributed by atoms with Crippen molar-refractivity contribution in [1.82, 2.24) is 15.1 Å². The molecule has 0 saturated carbocycles. The number of hydrogen-bond acceptors (Lipinski definition) is 4. The van der Waals surface area contributed by atoms with Crippen LogP contribution in [0.1, 0.15) is 33.4 Å². The Labute approximate surface area is 189 Å². The zero-order valence-corrected chi connectivity index (χ0v) is 18.6. The molecule has 2 aromatic carbocycles. The number of nitrogens with one attached hydrogen (secondary N) is 2. The summed E-state index contributed by atoms with van der Waals surface area (Å²) < 4.78 is 15.0. The molecule has 2 aromatic heterocycles. The van der Waals surface area contributed by atoms with Crippen LogP contribution in [-0.2, 0) is 17.8 Å². The number of aromatic nitrogens is 2. The minimum atomic E-state index is -0.308. The minimum absolute atomic E-state index is 0.119. The molecule has 2 N–H and O–H groups in total. The first kappa shape index (κ1) is 21.7. The van der Waals surface area contributed by atoms with E-state index in [0.29, 0.717) is 11.4 Å². The maximum atomic E-state index is 13.2. The Kier molecular flexibility index (Phi) is 6.32. The number of carbonyl (C=O) groups is 2. The summed E-state index contributed by atoms with van der Waals surface area (Å²) in [5, 5.41) is 11.0. The van der Waals surface area contributed by atoms with Gasteiger partial charge in [0, 0.05) is 11.1 Å². The number of rotatable bonds is 7. The normalized spacial score (nSPS) is 11.0. The van der Waals surface area contributed by atoms with Crippen LogP contribution in [0.2, 0.25) is 0 Å². The summed E-state index contributed by atoms with van der Waals surface area (Å²) >= 11 is 1.32. The molecule has 4 aromatic rings. The molecule has 0 aliphatic rings. The van der Waals surface area contributed by atoms with E-state index in [-0.39, 0.29) is 24.2 Å². The zero-order chi connectivity index (χ0) is 22.7. The molecular weight excluding hydrogens is 427 g/mol. The van der Waals surface area contributed by atoms with Crippen molar-refractivity contribution in [3.05, 3.63) is 82.1 Å². The van der Waals surface area contributed by atoms with Crippen LogP contribution in [0.3, 0.4) is 0 Å². The summed E-state index contributed by atoms with van der Waals surface area (Å²) in [6.07, 6.45) is 0.804. The van der Waals surface area contributed by atoms with Crippen LogP contribution in [0.15, 0.2) is 54.6 Å². The lowest BCUT2D eigenvalue weighted by Gasteiger charge is -2.10. The maximum Gasteiger partial charge on any atom is 0.261 e. The number of halogens is 1. The average molecular weight is 451 g/mol. The predicted molar refractivity (Wildman–Crippen MR) is 125 cm³/mol. The van der Waals surface area contributed by atoms with Gasteiger partial charge in [0.1, 0.15) is 10.6 Å². The van der Waals surface area contributed by atoms with Crippen LogP contribution in [0.4, 0.5) is 10.1 Å². The molecule has 0 aliphatic carbocycles. The monoisotopic (exact) mass is 450 g/mol. The van der Waals surface area contributed by atoms with Gasteiger partial charge in [-0.05, 0) is 48.7 Å². The fourth-order valence-electron chi connectivity index (χ4n) is 3.49. The van der Waals surface area contributed by atoms with Crippen molar-refractivity contribution in [3.63, 3.8) is 0 Å². The molecule has 0 saturated heterocycles. The Morgan fingerprint density at radius 1 is 1.12 bits per heavy atom. The number of carbonyl (C=O) groups excluding carboxylic acids is 2. The quantitative estimate of drug-likeness (QED) is 0.435. The molecule has 0 atom stereocenters. The molecule has 4 rings (SSSR count). The van der Waals surface area contributed by atoms with Gasteiger partial charge in [0.2, 0.25) is 5.91 Å². The minimum Gasteiger partial charge on any atom is -0.342 e. The Morgan fingerprint density at radius 2 is 1.88 bits per heavy atom. The first-order chi connectivity index (χ1) is 15.4. The summed E-state index contributed by atoms with van der Waals surface area (Å²) in [5.74, 6) is -0.871. The third kappa shape index (κ3) is 4.70. The van der Waals surface area contributed by atoms with Gasteiger partial charge in [0.05, 0.1) is 23.7 Å². The van der Waals surface area contributed by atoms with Gasteiger partial charge in [-0.2, -0.15) is 5.10 Å². The van der Waals surface area contributed by atoms with Crippen LogP contribution >= 0.6 is 11.3 Å². The molecule has 0 fully saturated rings. The first-order valence-corrected chi connectivity index (χ1v) is 11.1. The zero-order valence-electron chi connectivity index (χ0n) is 17.8. The SMILES string of the molecule is CCc1ccccc1NC(=O)CNC(=O)c1cc2c(C)nn(Cc3ccc(F)cc3)c2s1. The predicted octanol–water partition coefficient (Wildman–Crippen LogP) is 4.52. The van der Waals surface area contributed by atoms with E-state index in [0.717, 1.165) is 39.1 Å². The van der Waals surface area contributed by atoms with Gasteiger partial charge in [-0.25, -0.2) is 4.39 Å². The number of benzene rings is 2. The van der Waals surface area contributed by atoms with E-state index < -0.39 is 0 Å². The number of fused-ring (bicyclic) bond motifs is 1. The number of amides is 2. The second-order valence-corrected chi connectivity index (χ2v) is 8.47. The van der Waals surface area contributed by atoms with Crippen LogP contribution in [0, 0.1) is 12.7 Å². The third-order valence-corrected chi connectivity index (χ3v) is 6.31. The highest BCUT2D eigenvalue weighted by molar-refractivity contribution is 7.20. The highest BCUT2D eigenvalue weighted by Crippen LogP contribution is 2.29. The summed E-state index contributed by atoms with van der Waals surface area (Å²) in [4.78, 5) is 26.3. The fourth-order valence-corrected chi connectivity index (χ4v) is 4.56. The van der Waals surface area contributed by atoms with Crippen molar-refractivity contribution in [3.8, 4) is 0 Å². The van der Waals surface area contributed by atoms with Gasteiger partial charge in [0.15, 0.2) is 0 Å². The molecule has 0 bridgehead atoms. The maximum absolute atomic E-state index is 13.2. The number of para-hydroxylation sites is 1. The van der Waals surface area contributed by atoms with Crippen LogP contribution < -0.4 is 10.6 Å².